The maximum absolute atomic E-state index is 2.44. The van der Waals surface area contributed by atoms with Crippen LogP contribution in [0.5, 0.6) is 0 Å². The topological polar surface area (TPSA) is 0 Å². The Morgan fingerprint density at radius 3 is 1.48 bits per heavy atom. The van der Waals surface area contributed by atoms with Gasteiger partial charge in [-0.05, 0) is 202 Å². The van der Waals surface area contributed by atoms with Gasteiger partial charge in [-0.15, -0.1) is 0 Å². The molecule has 0 saturated heterocycles. The lowest BCUT2D eigenvalue weighted by molar-refractivity contribution is 0.442. The maximum Gasteiger partial charge on any atom is -0.0149 e. The average molecular weight is 773 g/mol. The van der Waals surface area contributed by atoms with Crippen LogP contribution in [-0.2, 0) is 0 Å². The standard InChI is InChI=1S/C17H26.C15H22.2C13H14/c1-12(2)16-10-13(3)11-17(14(16)4)15-8-6-5-7-9-15;1-11-9-12(2)13(3)15(10-11)14-7-5-4-6-8-14;1-9-4-7-13-11(3)10(2)5-6-12(13)8-9;1-9-7-8-12-10(2)5-4-6-13(12)11(9)3/h10-12,15H,5-9H2,1-4H3;9-10,14H,4-8H2,1-3H3;2*4-8H,1-3H3. The van der Waals surface area contributed by atoms with Gasteiger partial charge in [0.15, 0.2) is 0 Å². The third kappa shape index (κ3) is 11.3. The molecular weight excluding hydrogens is 697 g/mol. The van der Waals surface area contributed by atoms with E-state index in [1.807, 2.05) is 0 Å². The van der Waals surface area contributed by atoms with Crippen LogP contribution >= 0.6 is 0 Å². The number of aryl methyl sites for hydroxylation is 9. The lowest BCUT2D eigenvalue weighted by atomic mass is 9.79. The molecule has 6 aromatic rings. The molecule has 0 bridgehead atoms. The van der Waals surface area contributed by atoms with Crippen LogP contribution in [0.3, 0.4) is 0 Å². The number of fused-ring (bicyclic) bond motifs is 2. The van der Waals surface area contributed by atoms with Crippen molar-refractivity contribution in [3.8, 4) is 0 Å². The highest BCUT2D eigenvalue weighted by Crippen LogP contribution is 2.38. The number of benzene rings is 6. The van der Waals surface area contributed by atoms with Crippen molar-refractivity contribution in [1.82, 2.24) is 0 Å². The molecule has 0 N–H and O–H groups in total. The summed E-state index contributed by atoms with van der Waals surface area (Å²) in [6, 6.07) is 31.5. The summed E-state index contributed by atoms with van der Waals surface area (Å²) in [5, 5.41) is 5.50. The molecular formula is C58H76. The van der Waals surface area contributed by atoms with E-state index >= 15 is 0 Å². The first kappa shape index (κ1) is 44.9. The highest BCUT2D eigenvalue weighted by Gasteiger charge is 2.20. The minimum absolute atomic E-state index is 0.650. The Morgan fingerprint density at radius 2 is 0.897 bits per heavy atom. The summed E-state index contributed by atoms with van der Waals surface area (Å²) in [5.41, 5.74) is 20.5. The van der Waals surface area contributed by atoms with E-state index in [4.69, 9.17) is 0 Å². The number of hydrogen-bond acceptors (Lipinski definition) is 0. The summed E-state index contributed by atoms with van der Waals surface area (Å²) in [5.74, 6) is 2.33. The fourth-order valence-corrected chi connectivity index (χ4v) is 9.75. The molecule has 0 aliphatic heterocycles. The van der Waals surface area contributed by atoms with Crippen molar-refractivity contribution in [3.05, 3.63) is 163 Å². The first-order valence-electron chi connectivity index (χ1n) is 22.8. The van der Waals surface area contributed by atoms with E-state index in [9.17, 15) is 0 Å². The molecule has 2 aliphatic carbocycles. The molecule has 58 heavy (non-hydrogen) atoms. The van der Waals surface area contributed by atoms with Gasteiger partial charge in [0.2, 0.25) is 0 Å². The minimum atomic E-state index is 0.650. The van der Waals surface area contributed by atoms with Crippen molar-refractivity contribution in [3.63, 3.8) is 0 Å². The molecule has 8 rings (SSSR count). The monoisotopic (exact) mass is 773 g/mol. The largest absolute Gasteiger partial charge is 0.0614 e. The van der Waals surface area contributed by atoms with Crippen LogP contribution in [0.4, 0.5) is 0 Å². The van der Waals surface area contributed by atoms with E-state index in [1.165, 1.54) is 141 Å². The van der Waals surface area contributed by atoms with E-state index in [-0.39, 0.29) is 0 Å². The highest BCUT2D eigenvalue weighted by molar-refractivity contribution is 5.89. The highest BCUT2D eigenvalue weighted by atomic mass is 14.3. The van der Waals surface area contributed by atoms with Crippen LogP contribution in [0.25, 0.3) is 21.5 Å². The molecule has 2 saturated carbocycles. The lowest BCUT2D eigenvalue weighted by Gasteiger charge is -2.26. The second-order valence-electron chi connectivity index (χ2n) is 18.6. The van der Waals surface area contributed by atoms with Crippen LogP contribution in [0.15, 0.2) is 84.9 Å². The smallest absolute Gasteiger partial charge is 0.0149 e. The molecule has 2 aliphatic rings. The SMILES string of the molecule is Cc1cc(C(C)C)c(C)c(C2CCCCC2)c1.Cc1cc(C)c(C)c(C2CCCCC2)c1.Cc1ccc2c(C)c(C)ccc2c1.Cc1ccc2c(C)cccc2c1C. The van der Waals surface area contributed by atoms with Gasteiger partial charge in [0.05, 0.1) is 0 Å². The molecule has 0 unspecified atom stereocenters. The fourth-order valence-electron chi connectivity index (χ4n) is 9.75. The Labute approximate surface area is 354 Å². The predicted molar refractivity (Wildman–Crippen MR) is 259 cm³/mol. The molecule has 0 heteroatoms. The normalized spacial score (nSPS) is 14.7. The van der Waals surface area contributed by atoms with Crippen LogP contribution in [0.1, 0.15) is 174 Å². The third-order valence-corrected chi connectivity index (χ3v) is 13.7. The summed E-state index contributed by atoms with van der Waals surface area (Å²) < 4.78 is 0. The molecule has 2 fully saturated rings. The minimum Gasteiger partial charge on any atom is -0.0614 e. The van der Waals surface area contributed by atoms with Crippen LogP contribution in [0, 0.1) is 76.2 Å². The zero-order valence-corrected chi connectivity index (χ0v) is 38.9. The molecule has 308 valence electrons. The molecule has 6 aromatic carbocycles. The quantitative estimate of drug-likeness (QED) is 0.168. The molecule has 0 nitrogen and oxygen atoms in total. The van der Waals surface area contributed by atoms with Gasteiger partial charge in [-0.2, -0.15) is 0 Å². The Hall–Kier alpha value is -4.16. The second-order valence-corrected chi connectivity index (χ2v) is 18.6. The summed E-state index contributed by atoms with van der Waals surface area (Å²) >= 11 is 0. The number of hydrogen-bond donors (Lipinski definition) is 0. The van der Waals surface area contributed by atoms with Gasteiger partial charge in [0.25, 0.3) is 0 Å². The Morgan fingerprint density at radius 1 is 0.379 bits per heavy atom. The van der Waals surface area contributed by atoms with E-state index in [2.05, 4.69) is 175 Å². The molecule has 0 atom stereocenters. The van der Waals surface area contributed by atoms with Crippen LogP contribution < -0.4 is 0 Å². The van der Waals surface area contributed by atoms with Crippen LogP contribution in [0.2, 0.25) is 0 Å². The van der Waals surface area contributed by atoms with Gasteiger partial charge in [-0.25, -0.2) is 0 Å². The van der Waals surface area contributed by atoms with Crippen molar-refractivity contribution in [2.24, 2.45) is 0 Å². The Bertz CT molecular complexity index is 2280. The summed E-state index contributed by atoms with van der Waals surface area (Å²) in [6.07, 6.45) is 14.2. The van der Waals surface area contributed by atoms with Crippen LogP contribution in [-0.4, -0.2) is 0 Å². The van der Waals surface area contributed by atoms with E-state index in [0.29, 0.717) is 5.92 Å². The van der Waals surface area contributed by atoms with Gasteiger partial charge < -0.3 is 0 Å². The first-order valence-corrected chi connectivity index (χ1v) is 22.8. The molecule has 0 aromatic heterocycles. The maximum atomic E-state index is 2.44. The Balaban J connectivity index is 0.000000148. The van der Waals surface area contributed by atoms with Crippen molar-refractivity contribution in [2.45, 2.75) is 172 Å². The first-order chi connectivity index (χ1) is 27.7. The van der Waals surface area contributed by atoms with E-state index in [1.54, 1.807) is 22.3 Å². The second kappa shape index (κ2) is 20.7. The van der Waals surface area contributed by atoms with Gasteiger partial charge in [0, 0.05) is 0 Å². The zero-order chi connectivity index (χ0) is 42.1. The predicted octanol–water partition coefficient (Wildman–Crippen LogP) is 17.7. The third-order valence-electron chi connectivity index (χ3n) is 13.7. The summed E-state index contributed by atoms with van der Waals surface area (Å²) in [6.45, 7) is 29.0. The van der Waals surface area contributed by atoms with Gasteiger partial charge in [-0.1, -0.05) is 154 Å². The van der Waals surface area contributed by atoms with Crippen molar-refractivity contribution < 1.29 is 0 Å². The van der Waals surface area contributed by atoms with Crippen molar-refractivity contribution in [1.29, 1.82) is 0 Å². The Kier molecular flexibility index (Phi) is 16.0. The van der Waals surface area contributed by atoms with Crippen molar-refractivity contribution in [2.75, 3.05) is 0 Å². The van der Waals surface area contributed by atoms with Gasteiger partial charge >= 0.3 is 0 Å². The zero-order valence-electron chi connectivity index (χ0n) is 38.9. The molecule has 0 heterocycles. The summed E-state index contributed by atoms with van der Waals surface area (Å²) in [4.78, 5) is 0. The molecule has 0 amide bonds. The summed E-state index contributed by atoms with van der Waals surface area (Å²) in [7, 11) is 0. The van der Waals surface area contributed by atoms with Gasteiger partial charge in [-0.3, -0.25) is 0 Å². The average Bonchev–Trinajstić information content (AvgIpc) is 3.21. The number of rotatable bonds is 3. The molecule has 0 spiro atoms. The van der Waals surface area contributed by atoms with E-state index in [0.717, 1.165) is 11.8 Å². The van der Waals surface area contributed by atoms with Gasteiger partial charge in [0.1, 0.15) is 0 Å². The van der Waals surface area contributed by atoms with Crippen molar-refractivity contribution >= 4 is 21.5 Å². The lowest BCUT2D eigenvalue weighted by Crippen LogP contribution is -2.08. The fraction of sp³-hybridized carbons (Fsp3) is 0.448. The van der Waals surface area contributed by atoms with E-state index < -0.39 is 0 Å². The molecule has 0 radical (unpaired) electrons.